The lowest BCUT2D eigenvalue weighted by atomic mass is 10.1. The van der Waals surface area contributed by atoms with Gasteiger partial charge < -0.3 is 4.74 Å². The van der Waals surface area contributed by atoms with E-state index in [-0.39, 0.29) is 6.10 Å². The van der Waals surface area contributed by atoms with Crippen LogP contribution in [0.5, 0.6) is 5.75 Å². The Bertz CT molecular complexity index is 1000. The van der Waals surface area contributed by atoms with Crippen molar-refractivity contribution in [2.75, 3.05) is 0 Å². The molecular weight excluding hydrogens is 292 g/mol. The largest absolute Gasteiger partial charge is 0.480 e. The maximum Gasteiger partial charge on any atom is 0.150 e. The van der Waals surface area contributed by atoms with Gasteiger partial charge in [-0.1, -0.05) is 78.9 Å². The molecule has 0 bridgehead atoms. The summed E-state index contributed by atoms with van der Waals surface area (Å²) in [7, 11) is 0. The molecule has 0 atom stereocenters. The molecule has 24 heavy (non-hydrogen) atoms. The van der Waals surface area contributed by atoms with Crippen LogP contribution in [0.4, 0.5) is 0 Å². The van der Waals surface area contributed by atoms with Crippen molar-refractivity contribution in [1.82, 2.24) is 0 Å². The Hall–Kier alpha value is -3.06. The summed E-state index contributed by atoms with van der Waals surface area (Å²) < 4.78 is 6.38. The highest BCUT2D eigenvalue weighted by molar-refractivity contribution is 5.83. The monoisotopic (exact) mass is 307 g/mol. The van der Waals surface area contributed by atoms with E-state index in [9.17, 15) is 0 Å². The normalized spacial score (nSPS) is 12.8. The van der Waals surface area contributed by atoms with Crippen LogP contribution in [0.15, 0.2) is 84.9 Å². The molecule has 0 aliphatic heterocycles. The van der Waals surface area contributed by atoms with Crippen LogP contribution >= 0.6 is 0 Å². The number of hydrogen-bond acceptors (Lipinski definition) is 1. The van der Waals surface area contributed by atoms with Crippen LogP contribution in [-0.2, 0) is 0 Å². The molecule has 0 amide bonds. The minimum atomic E-state index is -0.0742. The SMILES string of the molecule is [c]1c(OC2c3ccccc3-c3ccccc32)ccc2ccccc12. The fraction of sp³-hybridized carbons (Fsp3) is 0.0435. The van der Waals surface area contributed by atoms with Crippen molar-refractivity contribution in [3.05, 3.63) is 102 Å². The lowest BCUT2D eigenvalue weighted by molar-refractivity contribution is 0.252. The Morgan fingerprint density at radius 3 is 2.00 bits per heavy atom. The topological polar surface area (TPSA) is 9.23 Å². The van der Waals surface area contributed by atoms with Crippen molar-refractivity contribution >= 4 is 10.8 Å². The van der Waals surface area contributed by atoms with Gasteiger partial charge in [0.25, 0.3) is 0 Å². The smallest absolute Gasteiger partial charge is 0.150 e. The molecule has 0 saturated carbocycles. The van der Waals surface area contributed by atoms with Crippen LogP contribution in [0.1, 0.15) is 17.2 Å². The van der Waals surface area contributed by atoms with E-state index >= 15 is 0 Å². The average molecular weight is 307 g/mol. The van der Waals surface area contributed by atoms with E-state index in [2.05, 4.69) is 72.8 Å². The number of rotatable bonds is 2. The van der Waals surface area contributed by atoms with Crippen molar-refractivity contribution in [1.29, 1.82) is 0 Å². The molecule has 1 aliphatic carbocycles. The van der Waals surface area contributed by atoms with E-state index in [1.807, 2.05) is 18.2 Å². The van der Waals surface area contributed by atoms with E-state index in [1.54, 1.807) is 0 Å². The lowest BCUT2D eigenvalue weighted by Gasteiger charge is -2.16. The van der Waals surface area contributed by atoms with Crippen LogP contribution < -0.4 is 4.74 Å². The summed E-state index contributed by atoms with van der Waals surface area (Å²) in [5.41, 5.74) is 4.97. The summed E-state index contributed by atoms with van der Waals surface area (Å²) in [6, 6.07) is 32.7. The van der Waals surface area contributed by atoms with Crippen molar-refractivity contribution in [3.63, 3.8) is 0 Å². The Morgan fingerprint density at radius 1 is 0.625 bits per heavy atom. The number of benzene rings is 4. The van der Waals surface area contributed by atoms with Gasteiger partial charge in [-0.3, -0.25) is 0 Å². The summed E-state index contributed by atoms with van der Waals surface area (Å²) in [5, 5.41) is 2.26. The number of fused-ring (bicyclic) bond motifs is 4. The zero-order valence-corrected chi connectivity index (χ0v) is 13.1. The molecule has 1 radical (unpaired) electrons. The maximum absolute atomic E-state index is 6.38. The second-order valence-corrected chi connectivity index (χ2v) is 6.08. The highest BCUT2D eigenvalue weighted by Crippen LogP contribution is 2.45. The predicted octanol–water partition coefficient (Wildman–Crippen LogP) is 5.79. The Balaban J connectivity index is 1.61. The average Bonchev–Trinajstić information content (AvgIpc) is 2.96. The van der Waals surface area contributed by atoms with Gasteiger partial charge in [0.2, 0.25) is 0 Å². The summed E-state index contributed by atoms with van der Waals surface area (Å²) in [5.74, 6) is 0.783. The van der Waals surface area contributed by atoms with Crippen LogP contribution in [0.25, 0.3) is 21.9 Å². The molecule has 5 rings (SSSR count). The zero-order chi connectivity index (χ0) is 15.9. The molecular formula is C23H15O. The predicted molar refractivity (Wildman–Crippen MR) is 97.1 cm³/mol. The first-order chi connectivity index (χ1) is 11.9. The van der Waals surface area contributed by atoms with Gasteiger partial charge in [-0.05, 0) is 28.0 Å². The van der Waals surface area contributed by atoms with E-state index in [0.29, 0.717) is 0 Å². The Labute approximate surface area is 141 Å². The Morgan fingerprint density at radius 2 is 1.25 bits per heavy atom. The van der Waals surface area contributed by atoms with Gasteiger partial charge in [0.05, 0.1) is 0 Å². The lowest BCUT2D eigenvalue weighted by Crippen LogP contribution is -2.05. The molecule has 1 aliphatic rings. The summed E-state index contributed by atoms with van der Waals surface area (Å²) in [4.78, 5) is 0. The molecule has 0 spiro atoms. The van der Waals surface area contributed by atoms with Gasteiger partial charge in [-0.2, -0.15) is 0 Å². The quantitative estimate of drug-likeness (QED) is 0.455. The molecule has 0 aromatic heterocycles. The van der Waals surface area contributed by atoms with Crippen molar-refractivity contribution in [3.8, 4) is 16.9 Å². The highest BCUT2D eigenvalue weighted by atomic mass is 16.5. The van der Waals surface area contributed by atoms with Gasteiger partial charge in [0.1, 0.15) is 5.75 Å². The molecule has 113 valence electrons. The van der Waals surface area contributed by atoms with Crippen LogP contribution in [0.2, 0.25) is 0 Å². The molecule has 4 aromatic carbocycles. The summed E-state index contributed by atoms with van der Waals surface area (Å²) >= 11 is 0. The minimum absolute atomic E-state index is 0.0742. The van der Waals surface area contributed by atoms with Gasteiger partial charge in [-0.15, -0.1) is 0 Å². The third kappa shape index (κ3) is 2.02. The molecule has 1 nitrogen and oxygen atoms in total. The number of ether oxygens (including phenoxy) is 1. The highest BCUT2D eigenvalue weighted by Gasteiger charge is 2.29. The van der Waals surface area contributed by atoms with Crippen LogP contribution in [0.3, 0.4) is 0 Å². The Kier molecular flexibility index (Phi) is 2.92. The zero-order valence-electron chi connectivity index (χ0n) is 13.1. The van der Waals surface area contributed by atoms with E-state index in [0.717, 1.165) is 11.1 Å². The van der Waals surface area contributed by atoms with Crippen molar-refractivity contribution in [2.24, 2.45) is 0 Å². The molecule has 0 unspecified atom stereocenters. The second kappa shape index (κ2) is 5.24. The van der Waals surface area contributed by atoms with Crippen molar-refractivity contribution < 1.29 is 4.74 Å². The maximum atomic E-state index is 6.38. The summed E-state index contributed by atoms with van der Waals surface area (Å²) in [6.07, 6.45) is -0.0742. The molecule has 4 aromatic rings. The first kappa shape index (κ1) is 13.4. The molecule has 0 N–H and O–H groups in total. The van der Waals surface area contributed by atoms with Crippen LogP contribution in [0, 0.1) is 6.07 Å². The van der Waals surface area contributed by atoms with Gasteiger partial charge in [-0.25, -0.2) is 0 Å². The molecule has 0 heterocycles. The van der Waals surface area contributed by atoms with Crippen molar-refractivity contribution in [2.45, 2.75) is 6.10 Å². The standard InChI is InChI=1S/C23H15O/c1-2-8-17-15-18(14-13-16(17)7-1)24-23-21-11-5-3-9-19(21)20-10-4-6-12-22(20)23/h1-14,23H. The first-order valence-electron chi connectivity index (χ1n) is 8.16. The van der Waals surface area contributed by atoms with Gasteiger partial charge in [0, 0.05) is 17.2 Å². The van der Waals surface area contributed by atoms with Crippen LogP contribution in [-0.4, -0.2) is 0 Å². The fourth-order valence-corrected chi connectivity index (χ4v) is 3.53. The third-order valence-electron chi connectivity index (χ3n) is 4.65. The number of hydrogen-bond donors (Lipinski definition) is 0. The third-order valence-corrected chi connectivity index (χ3v) is 4.65. The van der Waals surface area contributed by atoms with E-state index < -0.39 is 0 Å². The molecule has 0 fully saturated rings. The summed E-state index contributed by atoms with van der Waals surface area (Å²) in [6.45, 7) is 0. The fourth-order valence-electron chi connectivity index (χ4n) is 3.53. The van der Waals surface area contributed by atoms with Gasteiger partial charge in [0.15, 0.2) is 6.10 Å². The molecule has 0 saturated heterocycles. The first-order valence-corrected chi connectivity index (χ1v) is 8.16. The van der Waals surface area contributed by atoms with E-state index in [4.69, 9.17) is 4.74 Å². The van der Waals surface area contributed by atoms with E-state index in [1.165, 1.54) is 27.6 Å². The molecule has 1 heteroatoms. The van der Waals surface area contributed by atoms with Gasteiger partial charge >= 0.3 is 0 Å². The minimum Gasteiger partial charge on any atom is -0.480 e. The second-order valence-electron chi connectivity index (χ2n) is 6.08.